The largest absolute Gasteiger partial charge is 0.361 e. The van der Waals surface area contributed by atoms with Crippen molar-refractivity contribution in [3.05, 3.63) is 46.3 Å². The van der Waals surface area contributed by atoms with Crippen molar-refractivity contribution in [2.45, 2.75) is 6.54 Å². The standard InChI is InChI=1S/C11H8ClFN4O3/c12-5-1-2-6(7(13)3-5)10(19)15-4-8-16-11(9(14)18)20-17-8/h1-3H,4H2,(H2,14,18)(H,15,19). The van der Waals surface area contributed by atoms with Crippen LogP contribution in [-0.2, 0) is 6.54 Å². The highest BCUT2D eigenvalue weighted by atomic mass is 35.5. The Hall–Kier alpha value is -2.48. The van der Waals surface area contributed by atoms with E-state index in [2.05, 4.69) is 20.0 Å². The average molecular weight is 299 g/mol. The Morgan fingerprint density at radius 1 is 1.45 bits per heavy atom. The van der Waals surface area contributed by atoms with Crippen LogP contribution in [0.4, 0.5) is 4.39 Å². The Balaban J connectivity index is 2.02. The van der Waals surface area contributed by atoms with Crippen LogP contribution in [0.1, 0.15) is 26.9 Å². The molecule has 1 aromatic carbocycles. The van der Waals surface area contributed by atoms with Crippen LogP contribution >= 0.6 is 11.6 Å². The molecule has 0 saturated heterocycles. The maximum atomic E-state index is 13.5. The fourth-order valence-corrected chi connectivity index (χ4v) is 1.51. The quantitative estimate of drug-likeness (QED) is 0.870. The van der Waals surface area contributed by atoms with Crippen LogP contribution < -0.4 is 11.1 Å². The van der Waals surface area contributed by atoms with E-state index in [9.17, 15) is 14.0 Å². The Bertz CT molecular complexity index is 673. The van der Waals surface area contributed by atoms with Crippen molar-refractivity contribution in [1.82, 2.24) is 15.5 Å². The van der Waals surface area contributed by atoms with Gasteiger partial charge in [-0.1, -0.05) is 16.8 Å². The lowest BCUT2D eigenvalue weighted by molar-refractivity contribution is 0.0941. The summed E-state index contributed by atoms with van der Waals surface area (Å²) in [6.45, 7) is -0.141. The molecular weight excluding hydrogens is 291 g/mol. The number of nitrogens with two attached hydrogens (primary N) is 1. The minimum absolute atomic E-state index is 0.0431. The van der Waals surface area contributed by atoms with Crippen LogP contribution in [0.15, 0.2) is 22.7 Å². The van der Waals surface area contributed by atoms with Gasteiger partial charge in [-0.2, -0.15) is 4.98 Å². The third-order valence-corrected chi connectivity index (χ3v) is 2.50. The minimum Gasteiger partial charge on any atom is -0.361 e. The molecule has 0 bridgehead atoms. The van der Waals surface area contributed by atoms with Crippen LogP contribution in [0.5, 0.6) is 0 Å². The zero-order valence-electron chi connectivity index (χ0n) is 9.89. The number of hydrogen-bond acceptors (Lipinski definition) is 5. The molecule has 1 aromatic heterocycles. The van der Waals surface area contributed by atoms with E-state index in [0.717, 1.165) is 6.07 Å². The summed E-state index contributed by atoms with van der Waals surface area (Å²) < 4.78 is 18.0. The lowest BCUT2D eigenvalue weighted by Gasteiger charge is -2.03. The molecule has 0 aliphatic rings. The zero-order valence-corrected chi connectivity index (χ0v) is 10.6. The van der Waals surface area contributed by atoms with Gasteiger partial charge in [0.2, 0.25) is 0 Å². The van der Waals surface area contributed by atoms with E-state index in [0.29, 0.717) is 0 Å². The number of halogens is 2. The third-order valence-electron chi connectivity index (χ3n) is 2.26. The first kappa shape index (κ1) is 13.9. The molecule has 1 heterocycles. The van der Waals surface area contributed by atoms with Crippen molar-refractivity contribution in [2.75, 3.05) is 0 Å². The van der Waals surface area contributed by atoms with Crippen LogP contribution in [0.2, 0.25) is 5.02 Å². The molecule has 0 saturated carbocycles. The molecule has 7 nitrogen and oxygen atoms in total. The summed E-state index contributed by atoms with van der Waals surface area (Å²) in [4.78, 5) is 26.1. The fourth-order valence-electron chi connectivity index (χ4n) is 1.35. The summed E-state index contributed by atoms with van der Waals surface area (Å²) in [5.74, 6) is -2.63. The van der Waals surface area contributed by atoms with Crippen molar-refractivity contribution < 1.29 is 18.5 Å². The molecule has 0 unspecified atom stereocenters. The van der Waals surface area contributed by atoms with Crippen molar-refractivity contribution in [1.29, 1.82) is 0 Å². The molecule has 2 rings (SSSR count). The minimum atomic E-state index is -0.876. The number of primary amides is 1. The Morgan fingerprint density at radius 3 is 2.80 bits per heavy atom. The van der Waals surface area contributed by atoms with Crippen LogP contribution in [0.3, 0.4) is 0 Å². The molecule has 0 fully saturated rings. The molecule has 0 spiro atoms. The zero-order chi connectivity index (χ0) is 14.7. The normalized spacial score (nSPS) is 10.3. The SMILES string of the molecule is NC(=O)c1nc(CNC(=O)c2ccc(Cl)cc2F)no1. The van der Waals surface area contributed by atoms with Gasteiger partial charge in [-0.05, 0) is 18.2 Å². The molecular formula is C11H8ClFN4O3. The van der Waals surface area contributed by atoms with Crippen LogP contribution in [0.25, 0.3) is 0 Å². The first-order chi connectivity index (χ1) is 9.47. The van der Waals surface area contributed by atoms with Gasteiger partial charge in [0.1, 0.15) is 5.82 Å². The summed E-state index contributed by atoms with van der Waals surface area (Å²) in [5.41, 5.74) is 4.75. The smallest absolute Gasteiger partial charge is 0.315 e. The number of hydrogen-bond donors (Lipinski definition) is 2. The van der Waals surface area contributed by atoms with Crippen molar-refractivity contribution in [2.24, 2.45) is 5.73 Å². The molecule has 2 amide bonds. The summed E-state index contributed by atoms with van der Waals surface area (Å²) >= 11 is 5.58. The average Bonchev–Trinajstić information content (AvgIpc) is 2.85. The van der Waals surface area contributed by atoms with Crippen LogP contribution in [0, 0.1) is 5.82 Å². The van der Waals surface area contributed by atoms with Gasteiger partial charge in [0, 0.05) is 5.02 Å². The molecule has 3 N–H and O–H groups in total. The van der Waals surface area contributed by atoms with Gasteiger partial charge < -0.3 is 15.6 Å². The highest BCUT2D eigenvalue weighted by Crippen LogP contribution is 2.14. The predicted molar refractivity (Wildman–Crippen MR) is 65.4 cm³/mol. The maximum absolute atomic E-state index is 13.5. The summed E-state index contributed by atoms with van der Waals surface area (Å²) in [6.07, 6.45) is 0. The first-order valence-electron chi connectivity index (χ1n) is 5.33. The van der Waals surface area contributed by atoms with Crippen molar-refractivity contribution >= 4 is 23.4 Å². The molecule has 2 aromatic rings. The summed E-state index contributed by atoms with van der Waals surface area (Å²) in [7, 11) is 0. The van der Waals surface area contributed by atoms with E-state index in [1.54, 1.807) is 0 Å². The molecule has 0 radical (unpaired) electrons. The number of nitrogens with zero attached hydrogens (tertiary/aromatic N) is 2. The van der Waals surface area contributed by atoms with Crippen LogP contribution in [-0.4, -0.2) is 22.0 Å². The summed E-state index contributed by atoms with van der Waals surface area (Å²) in [5, 5.41) is 5.98. The second-order valence-electron chi connectivity index (χ2n) is 3.69. The highest BCUT2D eigenvalue weighted by molar-refractivity contribution is 6.30. The van der Waals surface area contributed by atoms with Gasteiger partial charge in [0.25, 0.3) is 5.91 Å². The molecule has 104 valence electrons. The maximum Gasteiger partial charge on any atom is 0.315 e. The number of carbonyl (C=O) groups excluding carboxylic acids is 2. The lowest BCUT2D eigenvalue weighted by atomic mass is 10.2. The number of amides is 2. The first-order valence-corrected chi connectivity index (χ1v) is 5.71. The molecule has 20 heavy (non-hydrogen) atoms. The Labute approximate surface area is 116 Å². The lowest BCUT2D eigenvalue weighted by Crippen LogP contribution is -2.24. The molecule has 0 aliphatic heterocycles. The van der Waals surface area contributed by atoms with E-state index < -0.39 is 17.6 Å². The number of nitrogens with one attached hydrogen (secondary N) is 1. The van der Waals surface area contributed by atoms with Gasteiger partial charge in [-0.25, -0.2) is 4.39 Å². The van der Waals surface area contributed by atoms with E-state index in [-0.39, 0.29) is 28.8 Å². The van der Waals surface area contributed by atoms with E-state index in [1.165, 1.54) is 12.1 Å². The number of carbonyl (C=O) groups is 2. The van der Waals surface area contributed by atoms with Crippen molar-refractivity contribution in [3.8, 4) is 0 Å². The monoisotopic (exact) mass is 298 g/mol. The van der Waals surface area contributed by atoms with Gasteiger partial charge in [0.05, 0.1) is 12.1 Å². The topological polar surface area (TPSA) is 111 Å². The van der Waals surface area contributed by atoms with Gasteiger partial charge in [-0.3, -0.25) is 9.59 Å². The molecule has 9 heteroatoms. The van der Waals surface area contributed by atoms with E-state index in [1.807, 2.05) is 0 Å². The molecule has 0 aliphatic carbocycles. The highest BCUT2D eigenvalue weighted by Gasteiger charge is 2.15. The van der Waals surface area contributed by atoms with Crippen molar-refractivity contribution in [3.63, 3.8) is 0 Å². The van der Waals surface area contributed by atoms with E-state index >= 15 is 0 Å². The fraction of sp³-hybridized carbons (Fsp3) is 0.0909. The number of rotatable bonds is 4. The molecule has 0 atom stereocenters. The number of benzene rings is 1. The third kappa shape index (κ3) is 3.09. The number of aromatic nitrogens is 2. The second-order valence-corrected chi connectivity index (χ2v) is 4.12. The summed E-state index contributed by atoms with van der Waals surface area (Å²) in [6, 6.07) is 3.66. The Kier molecular flexibility index (Phi) is 3.94. The second kappa shape index (κ2) is 5.66. The Morgan fingerprint density at radius 2 is 2.20 bits per heavy atom. The van der Waals surface area contributed by atoms with Gasteiger partial charge in [0.15, 0.2) is 5.82 Å². The van der Waals surface area contributed by atoms with E-state index in [4.69, 9.17) is 17.3 Å². The van der Waals surface area contributed by atoms with Gasteiger partial charge in [-0.15, -0.1) is 0 Å². The predicted octanol–water partition coefficient (Wildman–Crippen LogP) is 0.891. The van der Waals surface area contributed by atoms with Gasteiger partial charge >= 0.3 is 11.8 Å².